The number of hydrogen-bond donors (Lipinski definition) is 0. The van der Waals surface area contributed by atoms with Gasteiger partial charge in [-0.1, -0.05) is 372 Å². The lowest BCUT2D eigenvalue weighted by molar-refractivity contribution is -0.167. The summed E-state index contributed by atoms with van der Waals surface area (Å²) in [4.78, 5) is 38.3. The lowest BCUT2D eigenvalue weighted by Crippen LogP contribution is -2.30. The van der Waals surface area contributed by atoms with E-state index in [0.29, 0.717) is 19.3 Å². The molecule has 0 heterocycles. The van der Waals surface area contributed by atoms with Crippen LogP contribution in [0.5, 0.6) is 0 Å². The van der Waals surface area contributed by atoms with Crippen molar-refractivity contribution in [1.82, 2.24) is 0 Å². The van der Waals surface area contributed by atoms with Crippen LogP contribution >= 0.6 is 0 Å². The predicted molar refractivity (Wildman–Crippen MR) is 358 cm³/mol. The zero-order valence-electron chi connectivity index (χ0n) is 55.5. The number of ether oxygens (including phenoxy) is 3. The van der Waals surface area contributed by atoms with Crippen molar-refractivity contribution in [2.24, 2.45) is 0 Å². The molecule has 0 aromatic heterocycles. The molecule has 0 spiro atoms. The third kappa shape index (κ3) is 68.4. The maximum Gasteiger partial charge on any atom is 0.306 e. The summed E-state index contributed by atoms with van der Waals surface area (Å²) in [7, 11) is 0. The first-order valence-electron chi connectivity index (χ1n) is 37.0. The van der Waals surface area contributed by atoms with Crippen molar-refractivity contribution < 1.29 is 28.6 Å². The van der Waals surface area contributed by atoms with Crippen LogP contribution < -0.4 is 0 Å². The smallest absolute Gasteiger partial charge is 0.306 e. The van der Waals surface area contributed by atoms with Crippen molar-refractivity contribution in [3.8, 4) is 0 Å². The lowest BCUT2D eigenvalue weighted by Gasteiger charge is -2.18. The van der Waals surface area contributed by atoms with Crippen LogP contribution in [0, 0.1) is 0 Å². The molecule has 482 valence electrons. The van der Waals surface area contributed by atoms with Gasteiger partial charge in [-0.2, -0.15) is 0 Å². The molecule has 6 heteroatoms. The monoisotopic (exact) mass is 1150 g/mol. The molecule has 0 aromatic carbocycles. The molecule has 6 nitrogen and oxygen atoms in total. The van der Waals surface area contributed by atoms with Crippen molar-refractivity contribution in [1.29, 1.82) is 0 Å². The average molecular weight is 1150 g/mol. The van der Waals surface area contributed by atoms with Gasteiger partial charge in [0.2, 0.25) is 0 Å². The van der Waals surface area contributed by atoms with E-state index in [1.54, 1.807) is 0 Å². The number of hydrogen-bond acceptors (Lipinski definition) is 6. The molecule has 0 aromatic rings. The van der Waals surface area contributed by atoms with E-state index in [1.165, 1.54) is 302 Å². The number of esters is 3. The van der Waals surface area contributed by atoms with Gasteiger partial charge in [0.05, 0.1) is 0 Å². The summed E-state index contributed by atoms with van der Waals surface area (Å²) < 4.78 is 17.0. The van der Waals surface area contributed by atoms with Crippen LogP contribution in [0.1, 0.15) is 412 Å². The lowest BCUT2D eigenvalue weighted by atomic mass is 10.0. The van der Waals surface area contributed by atoms with Crippen molar-refractivity contribution in [3.05, 3.63) is 36.5 Å². The Kier molecular flexibility index (Phi) is 69.1. The number of carbonyl (C=O) groups is 3. The maximum absolute atomic E-state index is 12.9. The summed E-state index contributed by atoms with van der Waals surface area (Å²) in [5.41, 5.74) is 0. The van der Waals surface area contributed by atoms with Gasteiger partial charge >= 0.3 is 17.9 Å². The second-order valence-corrected chi connectivity index (χ2v) is 25.2. The van der Waals surface area contributed by atoms with Crippen molar-refractivity contribution in [2.75, 3.05) is 13.2 Å². The van der Waals surface area contributed by atoms with E-state index in [-0.39, 0.29) is 31.1 Å². The zero-order chi connectivity index (χ0) is 59.2. The van der Waals surface area contributed by atoms with Gasteiger partial charge in [-0.05, 0) is 57.8 Å². The summed E-state index contributed by atoms with van der Waals surface area (Å²) in [6.07, 6.45) is 89.2. The highest BCUT2D eigenvalue weighted by molar-refractivity contribution is 5.71. The molecule has 0 saturated carbocycles. The Hall–Kier alpha value is -2.37. The van der Waals surface area contributed by atoms with E-state index in [9.17, 15) is 14.4 Å². The second kappa shape index (κ2) is 71.1. The number of rotatable bonds is 69. The first-order valence-corrected chi connectivity index (χ1v) is 37.0. The fourth-order valence-corrected chi connectivity index (χ4v) is 11.3. The van der Waals surface area contributed by atoms with Crippen LogP contribution in [-0.2, 0) is 28.6 Å². The Morgan fingerprint density at radius 1 is 0.244 bits per heavy atom. The van der Waals surface area contributed by atoms with E-state index in [2.05, 4.69) is 57.2 Å². The number of unbranched alkanes of at least 4 members (excludes halogenated alkanes) is 52. The molecule has 0 aliphatic carbocycles. The number of carbonyl (C=O) groups excluding carboxylic acids is 3. The molecule has 0 saturated heterocycles. The molecule has 0 aliphatic rings. The second-order valence-electron chi connectivity index (χ2n) is 25.2. The van der Waals surface area contributed by atoms with Crippen LogP contribution in [0.4, 0.5) is 0 Å². The van der Waals surface area contributed by atoms with E-state index in [1.807, 2.05) is 0 Å². The Labute approximate surface area is 512 Å². The van der Waals surface area contributed by atoms with Crippen molar-refractivity contribution >= 4 is 17.9 Å². The van der Waals surface area contributed by atoms with E-state index < -0.39 is 6.10 Å². The molecule has 0 aliphatic heterocycles. The minimum Gasteiger partial charge on any atom is -0.462 e. The van der Waals surface area contributed by atoms with Gasteiger partial charge in [0.1, 0.15) is 13.2 Å². The molecule has 0 N–H and O–H groups in total. The van der Waals surface area contributed by atoms with Crippen LogP contribution in [0.25, 0.3) is 0 Å². The molecular weight excluding hydrogens is 1010 g/mol. The van der Waals surface area contributed by atoms with Crippen molar-refractivity contribution in [2.45, 2.75) is 419 Å². The molecule has 0 radical (unpaired) electrons. The highest BCUT2D eigenvalue weighted by Crippen LogP contribution is 2.19. The van der Waals surface area contributed by atoms with Crippen LogP contribution in [0.15, 0.2) is 36.5 Å². The Bertz CT molecular complexity index is 1370. The van der Waals surface area contributed by atoms with E-state index in [0.717, 1.165) is 70.6 Å². The standard InChI is InChI=1S/C76H142O6/c1-4-7-10-13-16-19-21-23-25-27-29-31-33-34-35-36-37-38-39-40-41-42-43-45-46-48-50-52-54-57-60-63-66-69-75(78)81-72-73(71-80-74(77)68-65-62-59-56-18-15-12-9-6-3)82-76(79)70-67-64-61-58-55-53-51-49-47-44-32-30-28-26-24-22-20-17-14-11-8-5-2/h21,23,27,29,33-34,73H,4-20,22,24-26,28,30-32,35-72H2,1-3H3/b23-21-,29-27-,34-33-. The largest absolute Gasteiger partial charge is 0.462 e. The molecule has 1 unspecified atom stereocenters. The molecule has 0 rings (SSSR count). The highest BCUT2D eigenvalue weighted by Gasteiger charge is 2.20. The summed E-state index contributed by atoms with van der Waals surface area (Å²) in [6.45, 7) is 6.69. The van der Waals surface area contributed by atoms with Gasteiger partial charge < -0.3 is 14.2 Å². The minimum absolute atomic E-state index is 0.0647. The summed E-state index contributed by atoms with van der Waals surface area (Å²) in [6, 6.07) is 0. The Morgan fingerprint density at radius 2 is 0.439 bits per heavy atom. The van der Waals surface area contributed by atoms with Gasteiger partial charge in [-0.15, -0.1) is 0 Å². The fourth-order valence-electron chi connectivity index (χ4n) is 11.3. The van der Waals surface area contributed by atoms with E-state index >= 15 is 0 Å². The molecular formula is C76H142O6. The van der Waals surface area contributed by atoms with Crippen LogP contribution in [-0.4, -0.2) is 37.2 Å². The van der Waals surface area contributed by atoms with Crippen LogP contribution in [0.2, 0.25) is 0 Å². The Balaban J connectivity index is 4.04. The Morgan fingerprint density at radius 3 is 0.683 bits per heavy atom. The molecule has 82 heavy (non-hydrogen) atoms. The zero-order valence-corrected chi connectivity index (χ0v) is 55.5. The minimum atomic E-state index is -0.766. The van der Waals surface area contributed by atoms with Gasteiger partial charge in [0, 0.05) is 19.3 Å². The van der Waals surface area contributed by atoms with Gasteiger partial charge in [0.25, 0.3) is 0 Å². The summed E-state index contributed by atoms with van der Waals surface area (Å²) in [5.74, 6) is -0.836. The fraction of sp³-hybridized carbons (Fsp3) is 0.882. The molecule has 0 amide bonds. The first-order chi connectivity index (χ1) is 40.5. The third-order valence-electron chi connectivity index (χ3n) is 16.9. The topological polar surface area (TPSA) is 78.9 Å². The maximum atomic E-state index is 12.9. The van der Waals surface area contributed by atoms with Gasteiger partial charge in [-0.25, -0.2) is 0 Å². The average Bonchev–Trinajstić information content (AvgIpc) is 3.48. The highest BCUT2D eigenvalue weighted by atomic mass is 16.6. The predicted octanol–water partition coefficient (Wildman–Crippen LogP) is 25.5. The van der Waals surface area contributed by atoms with E-state index in [4.69, 9.17) is 14.2 Å². The normalized spacial score (nSPS) is 12.2. The molecule has 0 bridgehead atoms. The summed E-state index contributed by atoms with van der Waals surface area (Å²) >= 11 is 0. The van der Waals surface area contributed by atoms with Crippen LogP contribution in [0.3, 0.4) is 0 Å². The third-order valence-corrected chi connectivity index (χ3v) is 16.9. The van der Waals surface area contributed by atoms with Crippen molar-refractivity contribution in [3.63, 3.8) is 0 Å². The number of allylic oxidation sites excluding steroid dienone is 6. The summed E-state index contributed by atoms with van der Waals surface area (Å²) in [5, 5.41) is 0. The molecule has 1 atom stereocenters. The first kappa shape index (κ1) is 79.6. The quantitative estimate of drug-likeness (QED) is 0.0261. The molecule has 0 fully saturated rings. The van der Waals surface area contributed by atoms with Gasteiger partial charge in [0.15, 0.2) is 6.10 Å². The SMILES string of the molecule is CCCCCCC/C=C\C/C=C\C/C=C\CCCCCCCCCCCCCCCCCCCCC(=O)OCC(COC(=O)CCCCCCCCCCC)OC(=O)CCCCCCCCCCCCCCCCCCCCCCCC. The van der Waals surface area contributed by atoms with Gasteiger partial charge in [-0.3, -0.25) is 14.4 Å².